The molecule has 2 aromatic heterocycles. The number of carbonyl (C=O) groups is 1. The number of carbonyl (C=O) groups excluding carboxylic acids is 1. The topological polar surface area (TPSA) is 66.3 Å². The van der Waals surface area contributed by atoms with E-state index in [0.29, 0.717) is 24.6 Å². The Morgan fingerprint density at radius 3 is 2.52 bits per heavy atom. The number of aliphatic hydroxyl groups excluding tert-OH is 1. The van der Waals surface area contributed by atoms with Crippen molar-refractivity contribution < 1.29 is 9.90 Å². The zero-order chi connectivity index (χ0) is 18.6. The van der Waals surface area contributed by atoms with Crippen LogP contribution in [0.3, 0.4) is 0 Å². The van der Waals surface area contributed by atoms with Gasteiger partial charge in [-0.25, -0.2) is 4.98 Å². The summed E-state index contributed by atoms with van der Waals surface area (Å²) in [6, 6.07) is 13.0. The van der Waals surface area contributed by atoms with Crippen LogP contribution in [0.4, 0.5) is 0 Å². The summed E-state index contributed by atoms with van der Waals surface area (Å²) in [7, 11) is 0. The second kappa shape index (κ2) is 7.98. The lowest BCUT2D eigenvalue weighted by molar-refractivity contribution is -0.141. The zero-order valence-electron chi connectivity index (χ0n) is 14.9. The van der Waals surface area contributed by atoms with Gasteiger partial charge in [-0.3, -0.25) is 9.78 Å². The Morgan fingerprint density at radius 1 is 1.11 bits per heavy atom. The van der Waals surface area contributed by atoms with Crippen molar-refractivity contribution in [3.63, 3.8) is 0 Å². The van der Waals surface area contributed by atoms with Gasteiger partial charge in [-0.1, -0.05) is 30.3 Å². The van der Waals surface area contributed by atoms with Crippen molar-refractivity contribution in [3.8, 4) is 11.3 Å². The molecule has 1 aliphatic rings. The van der Waals surface area contributed by atoms with Gasteiger partial charge in [0.2, 0.25) is 0 Å². The number of rotatable bonds is 4. The number of pyridine rings is 1. The number of nitrogens with zero attached hydrogens (tertiary/aromatic N) is 3. The van der Waals surface area contributed by atoms with Crippen molar-refractivity contribution in [2.75, 3.05) is 13.1 Å². The van der Waals surface area contributed by atoms with Crippen LogP contribution >= 0.6 is 11.3 Å². The lowest BCUT2D eigenvalue weighted by atomic mass is 9.96. The van der Waals surface area contributed by atoms with Crippen LogP contribution in [0.5, 0.6) is 0 Å². The molecule has 1 amide bonds. The van der Waals surface area contributed by atoms with Gasteiger partial charge in [0.25, 0.3) is 5.91 Å². The third-order valence-electron chi connectivity index (χ3n) is 5.00. The Morgan fingerprint density at radius 2 is 1.81 bits per heavy atom. The highest BCUT2D eigenvalue weighted by molar-refractivity contribution is 7.10. The van der Waals surface area contributed by atoms with E-state index >= 15 is 0 Å². The summed E-state index contributed by atoms with van der Waals surface area (Å²) >= 11 is 1.68. The van der Waals surface area contributed by atoms with Crippen molar-refractivity contribution in [3.05, 3.63) is 70.8 Å². The molecule has 0 aliphatic carbocycles. The van der Waals surface area contributed by atoms with Gasteiger partial charge in [-0.15, -0.1) is 11.3 Å². The van der Waals surface area contributed by atoms with Crippen LogP contribution in [0.25, 0.3) is 11.3 Å². The highest BCUT2D eigenvalue weighted by Gasteiger charge is 2.29. The van der Waals surface area contributed by atoms with Gasteiger partial charge in [0.15, 0.2) is 6.10 Å². The Labute approximate surface area is 162 Å². The maximum absolute atomic E-state index is 12.6. The molecule has 27 heavy (non-hydrogen) atoms. The molecule has 4 rings (SSSR count). The Bertz CT molecular complexity index is 890. The number of hydrogen-bond acceptors (Lipinski definition) is 5. The number of hydrogen-bond donors (Lipinski definition) is 1. The molecule has 0 bridgehead atoms. The molecular weight excluding hydrogens is 358 g/mol. The lowest BCUT2D eigenvalue weighted by Gasteiger charge is -2.32. The summed E-state index contributed by atoms with van der Waals surface area (Å²) in [4.78, 5) is 23.2. The Hall–Kier alpha value is -2.57. The number of aromatic nitrogens is 2. The molecule has 6 heteroatoms. The van der Waals surface area contributed by atoms with E-state index in [1.165, 1.54) is 0 Å². The first-order valence-corrected chi connectivity index (χ1v) is 9.98. The molecule has 1 atom stereocenters. The molecule has 3 aromatic rings. The van der Waals surface area contributed by atoms with E-state index in [2.05, 4.69) is 10.4 Å². The minimum absolute atomic E-state index is 0.212. The molecule has 0 unspecified atom stereocenters. The van der Waals surface area contributed by atoms with Crippen LogP contribution in [0.1, 0.15) is 35.4 Å². The molecule has 1 aromatic carbocycles. The van der Waals surface area contributed by atoms with Crippen molar-refractivity contribution in [2.24, 2.45) is 0 Å². The maximum atomic E-state index is 12.6. The molecule has 1 saturated heterocycles. The van der Waals surface area contributed by atoms with E-state index in [-0.39, 0.29) is 5.91 Å². The van der Waals surface area contributed by atoms with Gasteiger partial charge in [-0.05, 0) is 30.5 Å². The summed E-state index contributed by atoms with van der Waals surface area (Å²) in [5.74, 6) is 0.153. The molecular formula is C21H21N3O2S. The average molecular weight is 379 g/mol. The third-order valence-corrected chi connectivity index (χ3v) is 6.01. The quantitative estimate of drug-likeness (QED) is 0.751. The highest BCUT2D eigenvalue weighted by Crippen LogP contribution is 2.33. The van der Waals surface area contributed by atoms with Gasteiger partial charge in [0.05, 0.1) is 10.7 Å². The van der Waals surface area contributed by atoms with Crippen molar-refractivity contribution >= 4 is 17.2 Å². The molecule has 0 saturated carbocycles. The second-order valence-corrected chi connectivity index (χ2v) is 7.61. The summed E-state index contributed by atoms with van der Waals surface area (Å²) in [6.07, 6.45) is 4.21. The number of aliphatic hydroxyl groups is 1. The minimum atomic E-state index is -1.08. The van der Waals surface area contributed by atoms with E-state index in [4.69, 9.17) is 4.98 Å². The van der Waals surface area contributed by atoms with Gasteiger partial charge in [0, 0.05) is 42.3 Å². The average Bonchev–Trinajstić information content (AvgIpc) is 3.24. The smallest absolute Gasteiger partial charge is 0.256 e. The first-order valence-electron chi connectivity index (χ1n) is 9.10. The van der Waals surface area contributed by atoms with Crippen molar-refractivity contribution in [1.82, 2.24) is 14.9 Å². The summed E-state index contributed by atoms with van der Waals surface area (Å²) in [5, 5.41) is 13.6. The molecule has 1 N–H and O–H groups in total. The number of thiazole rings is 1. The van der Waals surface area contributed by atoms with Crippen LogP contribution < -0.4 is 0 Å². The van der Waals surface area contributed by atoms with E-state index in [0.717, 1.165) is 29.1 Å². The van der Waals surface area contributed by atoms with Gasteiger partial charge in [-0.2, -0.15) is 0 Å². The van der Waals surface area contributed by atoms with E-state index in [1.807, 2.05) is 30.3 Å². The fourth-order valence-electron chi connectivity index (χ4n) is 3.43. The van der Waals surface area contributed by atoms with Gasteiger partial charge in [0.1, 0.15) is 0 Å². The summed E-state index contributed by atoms with van der Waals surface area (Å²) in [5.41, 5.74) is 2.70. The molecule has 138 valence electrons. The molecule has 0 spiro atoms. The number of likely N-dealkylation sites (tertiary alicyclic amines) is 1. The summed E-state index contributed by atoms with van der Waals surface area (Å²) in [6.45, 7) is 1.30. The zero-order valence-corrected chi connectivity index (χ0v) is 15.7. The molecule has 1 aliphatic heterocycles. The maximum Gasteiger partial charge on any atom is 0.256 e. The van der Waals surface area contributed by atoms with Crippen LogP contribution in [-0.2, 0) is 4.79 Å². The van der Waals surface area contributed by atoms with Gasteiger partial charge >= 0.3 is 0 Å². The Balaban J connectivity index is 1.38. The standard InChI is InChI=1S/C21H21N3O2S/c25-19(16-4-2-1-3-5-16)21(26)24-12-8-17(9-13-24)20-23-18(14-27-20)15-6-10-22-11-7-15/h1-7,10-11,14,17,19,25H,8-9,12-13H2/t19-/m0/s1. The molecule has 5 nitrogen and oxygen atoms in total. The van der Waals surface area contributed by atoms with E-state index < -0.39 is 6.10 Å². The third kappa shape index (κ3) is 3.91. The number of benzene rings is 1. The molecule has 3 heterocycles. The van der Waals surface area contributed by atoms with Gasteiger partial charge < -0.3 is 10.0 Å². The Kier molecular flexibility index (Phi) is 5.27. The largest absolute Gasteiger partial charge is 0.378 e. The normalized spacial score (nSPS) is 16.3. The minimum Gasteiger partial charge on any atom is -0.378 e. The molecule has 0 radical (unpaired) electrons. The fraction of sp³-hybridized carbons (Fsp3) is 0.286. The fourth-order valence-corrected chi connectivity index (χ4v) is 4.43. The van der Waals surface area contributed by atoms with Crippen LogP contribution in [0.15, 0.2) is 60.2 Å². The number of piperidine rings is 1. The van der Waals surface area contributed by atoms with E-state index in [9.17, 15) is 9.90 Å². The van der Waals surface area contributed by atoms with Crippen LogP contribution in [0, 0.1) is 0 Å². The first kappa shape index (κ1) is 17.8. The molecule has 1 fully saturated rings. The summed E-state index contributed by atoms with van der Waals surface area (Å²) < 4.78 is 0. The predicted octanol–water partition coefficient (Wildman–Crippen LogP) is 3.64. The SMILES string of the molecule is O=C([C@@H](O)c1ccccc1)N1CCC(c2nc(-c3ccncc3)cs2)CC1. The predicted molar refractivity (Wildman–Crippen MR) is 105 cm³/mol. The van der Waals surface area contributed by atoms with Crippen molar-refractivity contribution in [1.29, 1.82) is 0 Å². The first-order chi connectivity index (χ1) is 13.2. The highest BCUT2D eigenvalue weighted by atomic mass is 32.1. The van der Waals surface area contributed by atoms with E-state index in [1.54, 1.807) is 40.8 Å². The lowest BCUT2D eigenvalue weighted by Crippen LogP contribution is -2.40. The van der Waals surface area contributed by atoms with Crippen LogP contribution in [-0.4, -0.2) is 39.0 Å². The monoisotopic (exact) mass is 379 g/mol. The second-order valence-electron chi connectivity index (χ2n) is 6.72. The number of amides is 1. The van der Waals surface area contributed by atoms with Crippen molar-refractivity contribution in [2.45, 2.75) is 24.9 Å². The van der Waals surface area contributed by atoms with Crippen LogP contribution in [0.2, 0.25) is 0 Å².